The average molecular weight is 2050 g/mol. The van der Waals surface area contributed by atoms with Crippen molar-refractivity contribution < 1.29 is 168 Å². The number of amides is 14. The monoisotopic (exact) mass is 2050 g/mol. The second-order valence-corrected chi connectivity index (χ2v) is 32.7. The number of carboxylic acids is 6. The number of hydrogen-bond donors (Lipinski definition) is 27. The van der Waals surface area contributed by atoms with Gasteiger partial charge in [0.15, 0.2) is 0 Å². The van der Waals surface area contributed by atoms with Gasteiger partial charge >= 0.3 is 48.2 Å². The van der Waals surface area contributed by atoms with Crippen LogP contribution in [-0.4, -0.2) is 299 Å². The van der Waals surface area contributed by atoms with Crippen molar-refractivity contribution in [1.29, 1.82) is 0 Å². The van der Waals surface area contributed by atoms with Crippen LogP contribution in [0.4, 0.5) is 26.3 Å². The van der Waals surface area contributed by atoms with Crippen molar-refractivity contribution in [3.8, 4) is 22.8 Å². The molecule has 6 rings (SSSR count). The first kappa shape index (κ1) is 117. The van der Waals surface area contributed by atoms with E-state index >= 15 is 0 Å². The lowest BCUT2D eigenvalue weighted by Crippen LogP contribution is -2.61. The molecule has 0 saturated heterocycles. The largest absolute Gasteiger partial charge is 0.508 e. The smallest absolute Gasteiger partial charge is 0.417 e. The third-order valence-electron chi connectivity index (χ3n) is 21.5. The lowest BCUT2D eigenvalue weighted by Gasteiger charge is -2.27. The first-order chi connectivity index (χ1) is 68.4. The molecule has 0 aliphatic carbocycles. The van der Waals surface area contributed by atoms with E-state index in [9.17, 15) is 168 Å². The molecular weight excluding hydrogens is 1950 g/mol. The summed E-state index contributed by atoms with van der Waals surface area (Å²) in [7, 11) is 0. The van der Waals surface area contributed by atoms with Crippen LogP contribution in [0.5, 0.6) is 11.5 Å². The highest BCUT2D eigenvalue weighted by Crippen LogP contribution is 2.43. The second kappa shape index (κ2) is 56.5. The summed E-state index contributed by atoms with van der Waals surface area (Å²) in [5, 5.41) is 119. The Hall–Kier alpha value is -16.9. The number of carbonyl (C=O) groups is 21. The quantitative estimate of drug-likeness (QED) is 0.00752. The van der Waals surface area contributed by atoms with Gasteiger partial charge in [0, 0.05) is 67.3 Å². The minimum atomic E-state index is -5.55. The van der Waals surface area contributed by atoms with Crippen LogP contribution in [0, 0.1) is 5.92 Å². The Kier molecular flexibility index (Phi) is 45.6. The van der Waals surface area contributed by atoms with Crippen LogP contribution in [0.1, 0.15) is 137 Å². The van der Waals surface area contributed by atoms with E-state index in [0.29, 0.717) is 12.7 Å². The molecule has 52 nitrogen and oxygen atoms in total. The fourth-order valence-electron chi connectivity index (χ4n) is 13.9. The molecule has 0 fully saturated rings. The van der Waals surface area contributed by atoms with E-state index in [1.165, 1.54) is 36.8 Å². The molecule has 29 N–H and O–H groups in total. The van der Waals surface area contributed by atoms with Gasteiger partial charge < -0.3 is 142 Å². The van der Waals surface area contributed by atoms with Crippen molar-refractivity contribution in [1.82, 2.24) is 110 Å². The van der Waals surface area contributed by atoms with Crippen LogP contribution in [0.3, 0.4) is 0 Å². The molecule has 786 valence electrons. The summed E-state index contributed by atoms with van der Waals surface area (Å²) in [5.74, 6) is -31.7. The number of halogens is 6. The van der Waals surface area contributed by atoms with Crippen molar-refractivity contribution in [2.24, 2.45) is 17.4 Å². The zero-order valence-corrected chi connectivity index (χ0v) is 77.0. The summed E-state index contributed by atoms with van der Waals surface area (Å²) < 4.78 is 87.2. The average Bonchev–Trinajstić information content (AvgIpc) is 1.55. The molecule has 0 bridgehead atoms. The number of aromatic nitrogens is 7. The number of aromatic hydroxyl groups is 2. The molecule has 0 aliphatic heterocycles. The molecular formula is C87H107F6N23O29. The number of carboxylic acid groups (broad SMARTS) is 6. The summed E-state index contributed by atoms with van der Waals surface area (Å²) in [4.78, 5) is 298. The van der Waals surface area contributed by atoms with Gasteiger partial charge in [0.05, 0.1) is 74.9 Å². The SMILES string of the molecule is CC[C@H](C)[C@@H](C=O)NC(=O)[C@H](CC(=O)O)NC(=O)[C@H](Cc1cnc[nH]1)NC(=O)[C@H](CC(=O)O)NC(=O)[C@H](CCCCN)NC(=O)[C@H](Cc1ccc(O)cc1)NC(=O)[C@H](CC(=O)O)NC(=O)CNC(=O)[C@H](CC(=O)O)NC(=O)[C@H](Cc1cnc[nH]1)NC(=O)[C@H](CC(=O)O)NC(=O)[C@H](CCCCN)NC(=O)[C@H](Cc1ccc(O)cc1)NC(=O)[C@H](CC(=O)O)NC(=O)/C=C/c1c(C(F)(F)F)cc(-c2c[nH]nn2)cc1C(F)(F)F. The third kappa shape index (κ3) is 39.6. The van der Waals surface area contributed by atoms with Gasteiger partial charge in [-0.05, 0) is 117 Å². The Balaban J connectivity index is 1.21. The number of carbonyl (C=O) groups excluding carboxylic acids is 15. The number of hydrogen-bond acceptors (Lipinski definition) is 29. The molecule has 145 heavy (non-hydrogen) atoms. The van der Waals surface area contributed by atoms with Crippen molar-refractivity contribution in [3.63, 3.8) is 0 Å². The molecule has 0 radical (unpaired) electrons. The standard InChI is InChI=1S/C87H107F6N23O29/c1-3-41(2)65(38-117)114-85(145)63(33-73(132)133)113-80(140)57(27-46-35-97-40-100-46)109-84(144)62(32-72(130)131)112-76(136)53(9-5-7-21-95)105-78(138)55(23-43-12-16-48(119)17-13-43)107-82(142)60(30-70(126)127)103-67(121)37-98-74(134)58(28-68(122)123)110-79(139)56(26-45-34-96-39-99-45)108-83(143)61(31-71(128)129)111-75(135)52(8-4-6-20-94)104-77(137)54(22-42-10-14-47(118)15-11-42)106-81(141)59(29-69(124)125)102-66(120)19-18-49-50(86(88,89)90)24-44(64-36-101-116-115-64)25-51(49)87(91,92)93/h10-19,24-25,34-36,38-41,52-63,65,118-119H,3-9,20-23,26-33,37,94-95H2,1-2H3,(H,96,99)(H,97,100)(H,98,134)(H,102,120)(H,103,121)(H,104,137)(H,105,138)(H,106,141)(H,107,142)(H,108,143)(H,109,144)(H,110,139)(H,111,135)(H,112,136)(H,113,140)(H,114,145)(H,122,123)(H,124,125)(H,126,127)(H,128,129)(H,130,131)(H,132,133)(H,101,115,116)/b19-18+/t41-,52-,53-,54-,55-,56-,57-,58-,59-,60-,61-,62-,63-,65+/m0/s1. The minimum absolute atomic E-state index is 0.00560. The maximum Gasteiger partial charge on any atom is 0.417 e. The second-order valence-electron chi connectivity index (χ2n) is 32.7. The molecule has 14 atom stereocenters. The van der Waals surface area contributed by atoms with Gasteiger partial charge in [-0.2, -0.15) is 26.3 Å². The number of nitrogens with zero attached hydrogens (tertiary/aromatic N) is 4. The van der Waals surface area contributed by atoms with E-state index in [1.54, 1.807) is 13.8 Å². The summed E-state index contributed by atoms with van der Waals surface area (Å²) in [5.41, 5.74) is 5.12. The van der Waals surface area contributed by atoms with E-state index in [4.69, 9.17) is 11.5 Å². The number of phenols is 2. The van der Waals surface area contributed by atoms with E-state index in [1.807, 2.05) is 16.0 Å². The van der Waals surface area contributed by atoms with Crippen molar-refractivity contribution >= 4 is 131 Å². The van der Waals surface area contributed by atoms with Crippen LogP contribution >= 0.6 is 0 Å². The van der Waals surface area contributed by atoms with Gasteiger partial charge in [0.1, 0.15) is 96.0 Å². The molecule has 58 heteroatoms. The summed E-state index contributed by atoms with van der Waals surface area (Å²) in [6.07, 6.45) is -15.6. The molecule has 0 unspecified atom stereocenters. The number of aromatic amines is 3. The molecule has 6 aromatic rings. The number of nitrogens with two attached hydrogens (primary N) is 2. The maximum atomic E-state index is 14.7. The fraction of sp³-hybridized carbons (Fsp3) is 0.437. The number of unbranched alkanes of at least 4 members (excludes halogenated alkanes) is 2. The predicted octanol–water partition coefficient (Wildman–Crippen LogP) is -3.88. The first-order valence-corrected chi connectivity index (χ1v) is 44.1. The highest BCUT2D eigenvalue weighted by molar-refractivity contribution is 6.03. The zero-order valence-electron chi connectivity index (χ0n) is 77.0. The Bertz CT molecular complexity index is 5550. The van der Waals surface area contributed by atoms with Gasteiger partial charge in [-0.15, -0.1) is 5.10 Å². The zero-order chi connectivity index (χ0) is 108. The normalized spacial score (nSPS) is 14.2. The molecule has 0 aliphatic rings. The predicted molar refractivity (Wildman–Crippen MR) is 482 cm³/mol. The third-order valence-corrected chi connectivity index (χ3v) is 21.5. The van der Waals surface area contributed by atoms with Gasteiger partial charge in [0.2, 0.25) is 82.7 Å². The van der Waals surface area contributed by atoms with Gasteiger partial charge in [-0.25, -0.2) is 9.97 Å². The number of aldehydes is 1. The number of H-pyrrole nitrogens is 3. The molecule has 0 spiro atoms. The number of alkyl halides is 6. The van der Waals surface area contributed by atoms with Crippen LogP contribution in [0.25, 0.3) is 17.3 Å². The van der Waals surface area contributed by atoms with Crippen LogP contribution in [0.15, 0.2) is 98.0 Å². The molecule has 3 heterocycles. The first-order valence-electron chi connectivity index (χ1n) is 44.1. The number of aliphatic carboxylic acids is 6. The number of nitrogens with one attached hydrogen (secondary N) is 17. The molecule has 3 aromatic heterocycles. The Morgan fingerprint density at radius 1 is 0.414 bits per heavy atom. The molecule has 14 amide bonds. The summed E-state index contributed by atoms with van der Waals surface area (Å²) in [6, 6.07) is -16.0. The fourth-order valence-corrected chi connectivity index (χ4v) is 13.9. The number of imidazole rings is 2. The Labute approximate surface area is 816 Å². The lowest BCUT2D eigenvalue weighted by atomic mass is 9.95. The minimum Gasteiger partial charge on any atom is -0.508 e. The van der Waals surface area contributed by atoms with E-state index in [2.05, 4.69) is 93.8 Å². The number of benzene rings is 3. The van der Waals surface area contributed by atoms with Crippen molar-refractivity contribution in [3.05, 3.63) is 137 Å². The molecule has 0 saturated carbocycles. The highest BCUT2D eigenvalue weighted by atomic mass is 19.4. The summed E-state index contributed by atoms with van der Waals surface area (Å²) >= 11 is 0. The van der Waals surface area contributed by atoms with E-state index in [-0.39, 0.29) is 103 Å². The van der Waals surface area contributed by atoms with Gasteiger partial charge in [0.25, 0.3) is 0 Å². The highest BCUT2D eigenvalue weighted by Gasteiger charge is 2.44. The topological polar surface area (TPSA) is 840 Å². The Morgan fingerprint density at radius 2 is 0.731 bits per heavy atom. The maximum absolute atomic E-state index is 14.7. The number of rotatable bonds is 61. The van der Waals surface area contributed by atoms with Crippen molar-refractivity contribution in [2.75, 3.05) is 19.6 Å². The molecule has 3 aromatic carbocycles. The lowest BCUT2D eigenvalue weighted by molar-refractivity contribution is -0.144. The Morgan fingerprint density at radius 3 is 1.05 bits per heavy atom. The van der Waals surface area contributed by atoms with Crippen LogP contribution in [-0.2, 0) is 139 Å². The van der Waals surface area contributed by atoms with E-state index < -0.39 is 320 Å². The van der Waals surface area contributed by atoms with Crippen LogP contribution < -0.4 is 85.9 Å². The summed E-state index contributed by atoms with van der Waals surface area (Å²) in [6.45, 7) is 1.90. The van der Waals surface area contributed by atoms with E-state index in [0.717, 1.165) is 43.0 Å². The van der Waals surface area contributed by atoms with Crippen LogP contribution in [0.2, 0.25) is 0 Å². The van der Waals surface area contributed by atoms with Gasteiger partial charge in [-0.1, -0.05) is 49.7 Å². The number of phenolic OH excluding ortho intramolecular Hbond substituents is 2. The van der Waals surface area contributed by atoms with Crippen molar-refractivity contribution in [2.45, 2.75) is 214 Å². The van der Waals surface area contributed by atoms with Gasteiger partial charge in [-0.3, -0.25) is 101 Å².